The van der Waals surface area contributed by atoms with Gasteiger partial charge in [-0.3, -0.25) is 4.79 Å². The second-order valence-electron chi connectivity index (χ2n) is 8.94. The first-order valence-electron chi connectivity index (χ1n) is 11.7. The van der Waals surface area contributed by atoms with Crippen LogP contribution in [0.15, 0.2) is 58.3 Å². The van der Waals surface area contributed by atoms with E-state index in [0.717, 1.165) is 52.2 Å². The minimum Gasteiger partial charge on any atom is -0.478 e. The molecule has 0 spiro atoms. The van der Waals surface area contributed by atoms with E-state index in [-0.39, 0.29) is 11.9 Å². The van der Waals surface area contributed by atoms with Crippen molar-refractivity contribution in [3.05, 3.63) is 53.6 Å². The van der Waals surface area contributed by atoms with E-state index in [4.69, 9.17) is 21.1 Å². The van der Waals surface area contributed by atoms with Crippen molar-refractivity contribution in [3.63, 3.8) is 0 Å². The van der Waals surface area contributed by atoms with E-state index in [2.05, 4.69) is 38.2 Å². The third kappa shape index (κ3) is 7.54. The van der Waals surface area contributed by atoms with Gasteiger partial charge in [-0.2, -0.15) is 0 Å². The van der Waals surface area contributed by atoms with Gasteiger partial charge in [-0.15, -0.1) is 0 Å². The highest BCUT2D eigenvalue weighted by atomic mass is 35.5. The lowest BCUT2D eigenvalue weighted by atomic mass is 10.0. The SMILES string of the molecule is CC(C)(Oc1ccc(Cl)cc1)C(=O)NC1CCN(Sc2ccc(SN3CCOCC3)cc2)CC1. The molecule has 9 heteroatoms. The average Bonchev–Trinajstić information content (AvgIpc) is 2.83. The standard InChI is InChI=1S/C25H32ClN3O3S2/c1-25(2,32-21-5-3-19(26)4-6-21)24(30)27-20-11-13-28(14-12-20)33-22-7-9-23(10-8-22)34-29-15-17-31-18-16-29/h3-10,20H,11-18H2,1-2H3,(H,27,30). The van der Waals surface area contributed by atoms with Crippen LogP contribution in [0.2, 0.25) is 5.02 Å². The molecule has 6 nitrogen and oxygen atoms in total. The maximum absolute atomic E-state index is 12.9. The maximum Gasteiger partial charge on any atom is 0.263 e. The zero-order valence-electron chi connectivity index (χ0n) is 19.7. The van der Waals surface area contributed by atoms with E-state index < -0.39 is 5.60 Å². The van der Waals surface area contributed by atoms with Gasteiger partial charge in [0.25, 0.3) is 5.91 Å². The van der Waals surface area contributed by atoms with Crippen LogP contribution >= 0.6 is 35.5 Å². The number of carbonyl (C=O) groups excluding carboxylic acids is 1. The summed E-state index contributed by atoms with van der Waals surface area (Å²) in [7, 11) is 0. The Morgan fingerprint density at radius 3 is 2.03 bits per heavy atom. The number of piperidine rings is 1. The largest absolute Gasteiger partial charge is 0.478 e. The number of hydrogen-bond donors (Lipinski definition) is 1. The third-order valence-electron chi connectivity index (χ3n) is 5.79. The first kappa shape index (κ1) is 25.7. The number of amides is 1. The molecule has 2 aromatic carbocycles. The maximum atomic E-state index is 12.9. The fourth-order valence-corrected chi connectivity index (χ4v) is 5.75. The van der Waals surface area contributed by atoms with Crippen molar-refractivity contribution in [3.8, 4) is 5.75 Å². The molecule has 2 aliphatic rings. The molecule has 184 valence electrons. The molecule has 34 heavy (non-hydrogen) atoms. The lowest BCUT2D eigenvalue weighted by Gasteiger charge is -2.33. The Balaban J connectivity index is 1.20. The molecule has 0 aromatic heterocycles. The fraction of sp³-hybridized carbons (Fsp3) is 0.480. The molecule has 0 bridgehead atoms. The van der Waals surface area contributed by atoms with E-state index in [1.165, 1.54) is 9.79 Å². The molecular formula is C25H32ClN3O3S2. The molecule has 2 aliphatic heterocycles. The van der Waals surface area contributed by atoms with Crippen LogP contribution in [-0.4, -0.2) is 65.6 Å². The normalized spacial score (nSPS) is 18.6. The Bertz CT molecular complexity index is 929. The Kier molecular flexibility index (Phi) is 9.07. The minimum absolute atomic E-state index is 0.0955. The highest BCUT2D eigenvalue weighted by molar-refractivity contribution is 7.97. The third-order valence-corrected chi connectivity index (χ3v) is 8.25. The molecule has 0 saturated carbocycles. The zero-order valence-corrected chi connectivity index (χ0v) is 22.1. The Morgan fingerprint density at radius 1 is 0.941 bits per heavy atom. The van der Waals surface area contributed by atoms with Crippen molar-refractivity contribution in [2.45, 2.75) is 48.1 Å². The van der Waals surface area contributed by atoms with Crippen LogP contribution in [-0.2, 0) is 9.53 Å². The van der Waals surface area contributed by atoms with Crippen molar-refractivity contribution in [1.82, 2.24) is 13.9 Å². The number of nitrogens with zero attached hydrogens (tertiary/aromatic N) is 2. The number of ether oxygens (including phenoxy) is 2. The molecule has 1 N–H and O–H groups in total. The van der Waals surface area contributed by atoms with E-state index in [1.54, 1.807) is 62.0 Å². The van der Waals surface area contributed by atoms with Crippen molar-refractivity contribution >= 4 is 41.4 Å². The first-order valence-corrected chi connectivity index (χ1v) is 13.6. The van der Waals surface area contributed by atoms with Gasteiger partial charge in [0, 0.05) is 47.0 Å². The molecule has 4 rings (SSSR count). The first-order chi connectivity index (χ1) is 16.4. The van der Waals surface area contributed by atoms with Crippen LogP contribution in [0.5, 0.6) is 5.75 Å². The molecule has 0 atom stereocenters. The van der Waals surface area contributed by atoms with E-state index in [9.17, 15) is 4.79 Å². The van der Waals surface area contributed by atoms with Crippen LogP contribution in [0.1, 0.15) is 26.7 Å². The summed E-state index contributed by atoms with van der Waals surface area (Å²) in [5.74, 6) is 0.534. The predicted octanol–water partition coefficient (Wildman–Crippen LogP) is 5.12. The summed E-state index contributed by atoms with van der Waals surface area (Å²) in [6.45, 7) is 9.01. The molecule has 2 fully saturated rings. The van der Waals surface area contributed by atoms with Gasteiger partial charge < -0.3 is 14.8 Å². The average molecular weight is 522 g/mol. The molecule has 1 amide bonds. The van der Waals surface area contributed by atoms with Crippen molar-refractivity contribution in [1.29, 1.82) is 0 Å². The number of hydrogen-bond acceptors (Lipinski definition) is 7. The molecular weight excluding hydrogens is 490 g/mol. The highest BCUT2D eigenvalue weighted by Gasteiger charge is 2.32. The van der Waals surface area contributed by atoms with Crippen LogP contribution in [0.3, 0.4) is 0 Å². The van der Waals surface area contributed by atoms with Gasteiger partial charge in [0.15, 0.2) is 5.60 Å². The van der Waals surface area contributed by atoms with Crippen LogP contribution < -0.4 is 10.1 Å². The van der Waals surface area contributed by atoms with Gasteiger partial charge in [0.1, 0.15) is 5.75 Å². The molecule has 2 saturated heterocycles. The Hall–Kier alpha value is -1.42. The monoisotopic (exact) mass is 521 g/mol. The second-order valence-corrected chi connectivity index (χ2v) is 11.7. The summed E-state index contributed by atoms with van der Waals surface area (Å²) in [4.78, 5) is 15.4. The number of carbonyl (C=O) groups is 1. The van der Waals surface area contributed by atoms with Crippen LogP contribution in [0.4, 0.5) is 0 Å². The quantitative estimate of drug-likeness (QED) is 0.483. The van der Waals surface area contributed by atoms with E-state index in [1.807, 2.05) is 0 Å². The topological polar surface area (TPSA) is 54.0 Å². The Labute approximate surface area is 215 Å². The van der Waals surface area contributed by atoms with Gasteiger partial charge in [0.2, 0.25) is 0 Å². The second kappa shape index (κ2) is 12.0. The molecule has 0 radical (unpaired) electrons. The Morgan fingerprint density at radius 2 is 1.47 bits per heavy atom. The molecule has 2 aromatic rings. The van der Waals surface area contributed by atoms with E-state index >= 15 is 0 Å². The summed E-state index contributed by atoms with van der Waals surface area (Å²) in [5.41, 5.74) is -0.958. The number of benzene rings is 2. The van der Waals surface area contributed by atoms with Gasteiger partial charge >= 0.3 is 0 Å². The molecule has 2 heterocycles. The molecule has 0 unspecified atom stereocenters. The zero-order chi connectivity index (χ0) is 24.0. The summed E-state index contributed by atoms with van der Waals surface area (Å²) in [6.07, 6.45) is 1.83. The minimum atomic E-state index is -0.958. The lowest BCUT2D eigenvalue weighted by molar-refractivity contribution is -0.135. The van der Waals surface area contributed by atoms with Crippen LogP contribution in [0, 0.1) is 0 Å². The summed E-state index contributed by atoms with van der Waals surface area (Å²) >= 11 is 9.53. The van der Waals surface area contributed by atoms with Gasteiger partial charge in [0.05, 0.1) is 13.2 Å². The number of halogens is 1. The summed E-state index contributed by atoms with van der Waals surface area (Å²) < 4.78 is 16.1. The lowest BCUT2D eigenvalue weighted by Crippen LogP contribution is -2.52. The predicted molar refractivity (Wildman–Crippen MR) is 139 cm³/mol. The number of morpholine rings is 1. The van der Waals surface area contributed by atoms with Crippen molar-refractivity contribution in [2.75, 3.05) is 39.4 Å². The number of rotatable bonds is 8. The van der Waals surface area contributed by atoms with Gasteiger partial charge in [-0.25, -0.2) is 8.61 Å². The van der Waals surface area contributed by atoms with E-state index in [0.29, 0.717) is 10.8 Å². The van der Waals surface area contributed by atoms with Crippen LogP contribution in [0.25, 0.3) is 0 Å². The van der Waals surface area contributed by atoms with Gasteiger partial charge in [-0.05, 0) is 99.1 Å². The fourth-order valence-electron chi connectivity index (χ4n) is 3.79. The molecule has 0 aliphatic carbocycles. The smallest absolute Gasteiger partial charge is 0.263 e. The van der Waals surface area contributed by atoms with Crippen molar-refractivity contribution in [2.24, 2.45) is 0 Å². The van der Waals surface area contributed by atoms with Gasteiger partial charge in [-0.1, -0.05) is 11.6 Å². The highest BCUT2D eigenvalue weighted by Crippen LogP contribution is 2.30. The van der Waals surface area contributed by atoms with Crippen molar-refractivity contribution < 1.29 is 14.3 Å². The summed E-state index contributed by atoms with van der Waals surface area (Å²) in [6, 6.07) is 16.0. The number of nitrogens with one attached hydrogen (secondary N) is 1. The summed E-state index contributed by atoms with van der Waals surface area (Å²) in [5, 5.41) is 3.82.